The van der Waals surface area contributed by atoms with Gasteiger partial charge in [-0.25, -0.2) is 9.82 Å². The van der Waals surface area contributed by atoms with E-state index in [0.29, 0.717) is 13.0 Å². The monoisotopic (exact) mass is 263 g/mol. The van der Waals surface area contributed by atoms with Crippen LogP contribution in [0.1, 0.15) is 6.42 Å². The first kappa shape index (κ1) is 12.0. The van der Waals surface area contributed by atoms with Crippen LogP contribution in [0.15, 0.2) is 36.7 Å². The Balaban J connectivity index is 1.74. The molecule has 0 radical (unpaired) electrons. The van der Waals surface area contributed by atoms with Gasteiger partial charge in [0.25, 0.3) is 0 Å². The molecule has 0 amide bonds. The SMILES string of the molecule is O=C(O)C1CC2CN(c3ccc(F)cc3)C=CN2N1. The highest BCUT2D eigenvalue weighted by atomic mass is 19.1. The Bertz CT molecular complexity index is 517. The number of nitrogens with zero attached hydrogens (tertiary/aromatic N) is 2. The largest absolute Gasteiger partial charge is 0.480 e. The van der Waals surface area contributed by atoms with Crippen molar-refractivity contribution >= 4 is 11.7 Å². The molecule has 0 saturated carbocycles. The average Bonchev–Trinajstić information content (AvgIpc) is 2.82. The molecule has 2 unspecified atom stereocenters. The van der Waals surface area contributed by atoms with Crippen LogP contribution in [-0.4, -0.2) is 34.7 Å². The number of halogens is 1. The van der Waals surface area contributed by atoms with E-state index in [1.54, 1.807) is 12.1 Å². The fourth-order valence-corrected chi connectivity index (χ4v) is 2.47. The first-order valence-electron chi connectivity index (χ1n) is 6.11. The molecule has 2 atom stereocenters. The van der Waals surface area contributed by atoms with Gasteiger partial charge in [0.05, 0.1) is 6.04 Å². The zero-order valence-corrected chi connectivity index (χ0v) is 10.2. The number of carboxylic acid groups (broad SMARTS) is 1. The van der Waals surface area contributed by atoms with Crippen molar-refractivity contribution in [2.24, 2.45) is 0 Å². The van der Waals surface area contributed by atoms with Crippen LogP contribution in [0.5, 0.6) is 0 Å². The van der Waals surface area contributed by atoms with E-state index in [1.165, 1.54) is 12.1 Å². The Labute approximate surface area is 109 Å². The number of benzene rings is 1. The lowest BCUT2D eigenvalue weighted by atomic mass is 10.1. The predicted molar refractivity (Wildman–Crippen MR) is 67.7 cm³/mol. The number of nitrogens with one attached hydrogen (secondary N) is 1. The third-order valence-corrected chi connectivity index (χ3v) is 3.48. The van der Waals surface area contributed by atoms with Gasteiger partial charge in [0.1, 0.15) is 11.9 Å². The third kappa shape index (κ3) is 2.26. The molecule has 3 rings (SSSR count). The van der Waals surface area contributed by atoms with Crippen LogP contribution in [0.2, 0.25) is 0 Å². The topological polar surface area (TPSA) is 55.8 Å². The van der Waals surface area contributed by atoms with E-state index in [2.05, 4.69) is 5.43 Å². The molecule has 1 aromatic carbocycles. The van der Waals surface area contributed by atoms with Crippen LogP contribution in [0.4, 0.5) is 10.1 Å². The number of rotatable bonds is 2. The normalized spacial score (nSPS) is 25.5. The molecule has 1 fully saturated rings. The molecule has 5 nitrogen and oxygen atoms in total. The summed E-state index contributed by atoms with van der Waals surface area (Å²) in [4.78, 5) is 13.0. The van der Waals surface area contributed by atoms with Gasteiger partial charge < -0.3 is 15.0 Å². The van der Waals surface area contributed by atoms with Gasteiger partial charge >= 0.3 is 5.97 Å². The summed E-state index contributed by atoms with van der Waals surface area (Å²) in [5.41, 5.74) is 3.83. The van der Waals surface area contributed by atoms with Crippen molar-refractivity contribution in [1.29, 1.82) is 0 Å². The van der Waals surface area contributed by atoms with Gasteiger partial charge in [0.15, 0.2) is 0 Å². The number of hydrogen-bond donors (Lipinski definition) is 2. The first-order chi connectivity index (χ1) is 9.13. The Morgan fingerprint density at radius 2 is 2.05 bits per heavy atom. The molecule has 2 N–H and O–H groups in total. The van der Waals surface area contributed by atoms with Gasteiger partial charge in [-0.2, -0.15) is 0 Å². The predicted octanol–water partition coefficient (Wildman–Crippen LogP) is 1.15. The number of fused-ring (bicyclic) bond motifs is 1. The van der Waals surface area contributed by atoms with Crippen LogP contribution in [0.3, 0.4) is 0 Å². The Hall–Kier alpha value is -2.08. The highest BCUT2D eigenvalue weighted by Crippen LogP contribution is 2.24. The quantitative estimate of drug-likeness (QED) is 0.838. The third-order valence-electron chi connectivity index (χ3n) is 3.48. The summed E-state index contributed by atoms with van der Waals surface area (Å²) in [7, 11) is 0. The van der Waals surface area contributed by atoms with Crippen LogP contribution < -0.4 is 10.3 Å². The molecular weight excluding hydrogens is 249 g/mol. The van der Waals surface area contributed by atoms with Gasteiger partial charge in [-0.3, -0.25) is 4.79 Å². The fourth-order valence-electron chi connectivity index (χ4n) is 2.47. The lowest BCUT2D eigenvalue weighted by Crippen LogP contribution is -2.44. The fraction of sp³-hybridized carbons (Fsp3) is 0.308. The van der Waals surface area contributed by atoms with Crippen molar-refractivity contribution in [2.75, 3.05) is 11.4 Å². The van der Waals surface area contributed by atoms with E-state index < -0.39 is 12.0 Å². The molecule has 0 spiro atoms. The van der Waals surface area contributed by atoms with E-state index in [0.717, 1.165) is 5.69 Å². The number of hydrogen-bond acceptors (Lipinski definition) is 4. The van der Waals surface area contributed by atoms with Crippen molar-refractivity contribution in [1.82, 2.24) is 10.4 Å². The van der Waals surface area contributed by atoms with Gasteiger partial charge in [-0.05, 0) is 30.7 Å². The van der Waals surface area contributed by atoms with Crippen molar-refractivity contribution in [3.05, 3.63) is 42.5 Å². The van der Waals surface area contributed by atoms with Crippen LogP contribution >= 0.6 is 0 Å². The zero-order chi connectivity index (χ0) is 13.4. The van der Waals surface area contributed by atoms with Gasteiger partial charge in [-0.1, -0.05) is 0 Å². The molecule has 1 aromatic rings. The smallest absolute Gasteiger partial charge is 0.322 e. The van der Waals surface area contributed by atoms with Crippen LogP contribution in [0, 0.1) is 5.82 Å². The number of carboxylic acids is 1. The lowest BCUT2D eigenvalue weighted by Gasteiger charge is -2.33. The van der Waals surface area contributed by atoms with Gasteiger partial charge in [0.2, 0.25) is 0 Å². The Morgan fingerprint density at radius 3 is 2.74 bits per heavy atom. The Kier molecular flexibility index (Phi) is 2.87. The summed E-state index contributed by atoms with van der Waals surface area (Å²) in [6, 6.07) is 5.84. The minimum absolute atomic E-state index is 0.108. The second kappa shape index (κ2) is 4.55. The lowest BCUT2D eigenvalue weighted by molar-refractivity contribution is -0.139. The molecule has 2 aliphatic rings. The minimum Gasteiger partial charge on any atom is -0.480 e. The molecule has 2 aliphatic heterocycles. The second-order valence-electron chi connectivity index (χ2n) is 4.74. The summed E-state index contributed by atoms with van der Waals surface area (Å²) in [5, 5.41) is 10.8. The summed E-state index contributed by atoms with van der Waals surface area (Å²) in [6.07, 6.45) is 4.23. The molecule has 100 valence electrons. The van der Waals surface area contributed by atoms with Gasteiger partial charge in [0, 0.05) is 24.6 Å². The van der Waals surface area contributed by atoms with Gasteiger partial charge in [-0.15, -0.1) is 0 Å². The molecular formula is C13H14FN3O2. The van der Waals surface area contributed by atoms with E-state index in [9.17, 15) is 9.18 Å². The van der Waals surface area contributed by atoms with E-state index in [1.807, 2.05) is 22.3 Å². The summed E-state index contributed by atoms with van der Waals surface area (Å²) < 4.78 is 12.9. The summed E-state index contributed by atoms with van der Waals surface area (Å²) in [5.74, 6) is -1.10. The van der Waals surface area contributed by atoms with Crippen molar-refractivity contribution < 1.29 is 14.3 Å². The number of hydrazine groups is 1. The van der Waals surface area contributed by atoms with E-state index >= 15 is 0 Å². The minimum atomic E-state index is -0.837. The average molecular weight is 263 g/mol. The van der Waals surface area contributed by atoms with Crippen LogP contribution in [0.25, 0.3) is 0 Å². The molecule has 19 heavy (non-hydrogen) atoms. The Morgan fingerprint density at radius 1 is 1.32 bits per heavy atom. The maximum absolute atomic E-state index is 12.9. The second-order valence-corrected chi connectivity index (χ2v) is 4.74. The molecule has 2 heterocycles. The van der Waals surface area contributed by atoms with E-state index in [-0.39, 0.29) is 11.9 Å². The summed E-state index contributed by atoms with van der Waals surface area (Å²) >= 11 is 0. The standard InChI is InChI=1S/C13H14FN3O2/c14-9-1-3-10(4-2-9)16-5-6-17-11(8-16)7-12(15-17)13(18)19/h1-6,11-12,15H,7-8H2,(H,18,19). The number of anilines is 1. The molecule has 0 aliphatic carbocycles. The molecule has 6 heteroatoms. The van der Waals surface area contributed by atoms with E-state index in [4.69, 9.17) is 5.11 Å². The summed E-state index contributed by atoms with van der Waals surface area (Å²) in [6.45, 7) is 0.679. The highest BCUT2D eigenvalue weighted by molar-refractivity contribution is 5.74. The molecule has 0 aromatic heterocycles. The van der Waals surface area contributed by atoms with Crippen LogP contribution in [-0.2, 0) is 4.79 Å². The van der Waals surface area contributed by atoms with Crippen molar-refractivity contribution in [2.45, 2.75) is 18.5 Å². The molecule has 1 saturated heterocycles. The maximum atomic E-state index is 12.9. The maximum Gasteiger partial charge on any atom is 0.322 e. The number of aliphatic carboxylic acids is 1. The zero-order valence-electron chi connectivity index (χ0n) is 10.2. The highest BCUT2D eigenvalue weighted by Gasteiger charge is 2.36. The number of carbonyl (C=O) groups is 1. The van der Waals surface area contributed by atoms with Crippen molar-refractivity contribution in [3.63, 3.8) is 0 Å². The first-order valence-corrected chi connectivity index (χ1v) is 6.11. The molecule has 0 bridgehead atoms. The van der Waals surface area contributed by atoms with Crippen molar-refractivity contribution in [3.8, 4) is 0 Å².